The van der Waals surface area contributed by atoms with E-state index in [1.54, 1.807) is 41.3 Å². The fraction of sp³-hybridized carbons (Fsp3) is 0.478. The van der Waals surface area contributed by atoms with Gasteiger partial charge in [-0.3, -0.25) is 9.48 Å². The zero-order valence-corrected chi connectivity index (χ0v) is 20.0. The van der Waals surface area contributed by atoms with Crippen molar-refractivity contribution in [1.29, 1.82) is 0 Å². The van der Waals surface area contributed by atoms with E-state index in [-0.39, 0.29) is 30.6 Å². The number of anilines is 2. The van der Waals surface area contributed by atoms with Crippen molar-refractivity contribution in [2.24, 2.45) is 0 Å². The number of nitrogens with zero attached hydrogens (tertiary/aromatic N) is 8. The van der Waals surface area contributed by atoms with Gasteiger partial charge in [0.25, 0.3) is 5.91 Å². The lowest BCUT2D eigenvalue weighted by atomic mass is 9.88. The third-order valence-electron chi connectivity index (χ3n) is 6.39. The number of amides is 1. The van der Waals surface area contributed by atoms with Crippen molar-refractivity contribution >= 4 is 17.8 Å². The standard InChI is InChI=1S/C23H29N9O4/c1-30(21(34)16-13-27-32(14-16)2-5-33)17-8-18(9-17)36-20-10-19(15-11-25-22(24)26-12-15)28-23(29-20)31-3-6-35-7-4-31/h10-14,17-18,33H,2-9H2,1H3,(H2,24,25,26). The van der Waals surface area contributed by atoms with Crippen LogP contribution >= 0.6 is 0 Å². The molecule has 0 spiro atoms. The summed E-state index contributed by atoms with van der Waals surface area (Å²) in [5.74, 6) is 1.11. The second kappa shape index (κ2) is 10.4. The number of ether oxygens (including phenoxy) is 2. The number of rotatable bonds is 8. The molecule has 3 aromatic heterocycles. The van der Waals surface area contributed by atoms with Gasteiger partial charge in [0.2, 0.25) is 17.8 Å². The molecule has 2 fully saturated rings. The molecule has 0 aromatic carbocycles. The van der Waals surface area contributed by atoms with E-state index in [1.807, 2.05) is 0 Å². The van der Waals surface area contributed by atoms with Crippen molar-refractivity contribution < 1.29 is 19.4 Å². The van der Waals surface area contributed by atoms with Gasteiger partial charge in [-0.2, -0.15) is 10.1 Å². The first-order chi connectivity index (χ1) is 17.5. The Morgan fingerprint density at radius 2 is 1.97 bits per heavy atom. The number of nitrogens with two attached hydrogens (primary N) is 1. The van der Waals surface area contributed by atoms with E-state index in [2.05, 4.69) is 25.0 Å². The molecule has 3 N–H and O–H groups in total. The molecule has 1 aliphatic heterocycles. The normalized spacial score (nSPS) is 19.6. The van der Waals surface area contributed by atoms with Gasteiger partial charge in [-0.25, -0.2) is 15.0 Å². The van der Waals surface area contributed by atoms with Crippen molar-refractivity contribution in [1.82, 2.24) is 34.6 Å². The molecule has 36 heavy (non-hydrogen) atoms. The first-order valence-corrected chi connectivity index (χ1v) is 11.9. The van der Waals surface area contributed by atoms with Crippen LogP contribution in [0.2, 0.25) is 0 Å². The van der Waals surface area contributed by atoms with Gasteiger partial charge in [0, 0.05) is 69.2 Å². The Labute approximate surface area is 207 Å². The lowest BCUT2D eigenvalue weighted by Gasteiger charge is -2.40. The summed E-state index contributed by atoms with van der Waals surface area (Å²) in [7, 11) is 1.78. The number of aromatic nitrogens is 6. The van der Waals surface area contributed by atoms with Gasteiger partial charge in [-0.1, -0.05) is 0 Å². The van der Waals surface area contributed by atoms with Crippen LogP contribution in [0, 0.1) is 0 Å². The van der Waals surface area contributed by atoms with Gasteiger partial charge >= 0.3 is 0 Å². The minimum Gasteiger partial charge on any atom is -0.474 e. The van der Waals surface area contributed by atoms with Crippen LogP contribution in [0.25, 0.3) is 11.3 Å². The molecule has 1 aliphatic carbocycles. The Morgan fingerprint density at radius 3 is 2.69 bits per heavy atom. The minimum absolute atomic E-state index is 0.0316. The average Bonchev–Trinajstić information content (AvgIpc) is 3.35. The molecule has 0 atom stereocenters. The first kappa shape index (κ1) is 23.9. The number of aliphatic hydroxyl groups excluding tert-OH is 1. The summed E-state index contributed by atoms with van der Waals surface area (Å²) < 4.78 is 13.2. The second-order valence-corrected chi connectivity index (χ2v) is 8.82. The summed E-state index contributed by atoms with van der Waals surface area (Å²) in [6, 6.07) is 1.82. The Bertz CT molecular complexity index is 1190. The lowest BCUT2D eigenvalue weighted by Crippen LogP contribution is -2.49. The summed E-state index contributed by atoms with van der Waals surface area (Å²) in [5, 5.41) is 13.2. The molecule has 0 unspecified atom stereocenters. The van der Waals surface area contributed by atoms with E-state index >= 15 is 0 Å². The fourth-order valence-corrected chi connectivity index (χ4v) is 4.19. The molecular formula is C23H29N9O4. The quantitative estimate of drug-likeness (QED) is 0.440. The molecule has 2 aliphatic rings. The highest BCUT2D eigenvalue weighted by atomic mass is 16.5. The monoisotopic (exact) mass is 495 g/mol. The predicted molar refractivity (Wildman–Crippen MR) is 129 cm³/mol. The molecule has 1 amide bonds. The van der Waals surface area contributed by atoms with Gasteiger partial charge < -0.3 is 30.1 Å². The van der Waals surface area contributed by atoms with Crippen molar-refractivity contribution in [3.05, 3.63) is 36.4 Å². The fourth-order valence-electron chi connectivity index (χ4n) is 4.19. The summed E-state index contributed by atoms with van der Waals surface area (Å²) in [5.41, 5.74) is 7.49. The van der Waals surface area contributed by atoms with E-state index < -0.39 is 0 Å². The van der Waals surface area contributed by atoms with Crippen molar-refractivity contribution in [3.63, 3.8) is 0 Å². The maximum absolute atomic E-state index is 12.8. The van der Waals surface area contributed by atoms with Crippen molar-refractivity contribution in [2.75, 3.05) is 50.6 Å². The Morgan fingerprint density at radius 1 is 1.22 bits per heavy atom. The van der Waals surface area contributed by atoms with Gasteiger partial charge in [0.1, 0.15) is 6.10 Å². The van der Waals surface area contributed by atoms with E-state index in [9.17, 15) is 4.79 Å². The zero-order chi connectivity index (χ0) is 25.1. The maximum Gasteiger partial charge on any atom is 0.257 e. The number of morpholine rings is 1. The van der Waals surface area contributed by atoms with Crippen molar-refractivity contribution in [2.45, 2.75) is 31.5 Å². The number of nitrogen functional groups attached to an aromatic ring is 1. The van der Waals surface area contributed by atoms with Crippen LogP contribution in [0.3, 0.4) is 0 Å². The maximum atomic E-state index is 12.8. The van der Waals surface area contributed by atoms with Crippen LogP contribution in [0.5, 0.6) is 5.88 Å². The second-order valence-electron chi connectivity index (χ2n) is 8.82. The zero-order valence-electron chi connectivity index (χ0n) is 20.0. The Kier molecular flexibility index (Phi) is 6.91. The smallest absolute Gasteiger partial charge is 0.257 e. The van der Waals surface area contributed by atoms with Crippen LogP contribution in [-0.4, -0.2) is 97.7 Å². The highest BCUT2D eigenvalue weighted by molar-refractivity contribution is 5.93. The highest BCUT2D eigenvalue weighted by Crippen LogP contribution is 2.31. The molecule has 13 heteroatoms. The summed E-state index contributed by atoms with van der Waals surface area (Å²) in [6.45, 7) is 2.92. The predicted octanol–water partition coefficient (Wildman–Crippen LogP) is 0.223. The van der Waals surface area contributed by atoms with Gasteiger partial charge in [0.05, 0.1) is 43.8 Å². The third kappa shape index (κ3) is 5.21. The van der Waals surface area contributed by atoms with Crippen LogP contribution < -0.4 is 15.4 Å². The van der Waals surface area contributed by atoms with Gasteiger partial charge in [0.15, 0.2) is 0 Å². The SMILES string of the molecule is CN(C(=O)c1cnn(CCO)c1)C1CC(Oc2cc(-c3cnc(N)nc3)nc(N3CCOCC3)n2)C1. The largest absolute Gasteiger partial charge is 0.474 e. The molecule has 190 valence electrons. The van der Waals surface area contributed by atoms with E-state index in [0.717, 1.165) is 0 Å². The molecule has 3 aromatic rings. The first-order valence-electron chi connectivity index (χ1n) is 11.9. The third-order valence-corrected chi connectivity index (χ3v) is 6.39. The lowest BCUT2D eigenvalue weighted by molar-refractivity contribution is 0.0236. The summed E-state index contributed by atoms with van der Waals surface area (Å²) in [6.07, 6.45) is 7.72. The Hall–Kier alpha value is -3.84. The molecule has 4 heterocycles. The van der Waals surface area contributed by atoms with Crippen LogP contribution in [-0.2, 0) is 11.3 Å². The molecule has 5 rings (SSSR count). The highest BCUT2D eigenvalue weighted by Gasteiger charge is 2.36. The molecule has 0 bridgehead atoms. The van der Waals surface area contributed by atoms with Gasteiger partial charge in [-0.05, 0) is 0 Å². The molecule has 13 nitrogen and oxygen atoms in total. The molecule has 0 radical (unpaired) electrons. The minimum atomic E-state index is -0.107. The van der Waals surface area contributed by atoms with Crippen molar-refractivity contribution in [3.8, 4) is 17.1 Å². The molecule has 1 saturated heterocycles. The number of carbonyl (C=O) groups is 1. The topological polar surface area (TPSA) is 158 Å². The van der Waals surface area contributed by atoms with Gasteiger partial charge in [-0.15, -0.1) is 0 Å². The number of hydrogen-bond donors (Lipinski definition) is 2. The van der Waals surface area contributed by atoms with E-state index in [4.69, 9.17) is 25.3 Å². The summed E-state index contributed by atoms with van der Waals surface area (Å²) in [4.78, 5) is 34.1. The van der Waals surface area contributed by atoms with E-state index in [0.29, 0.717) is 74.3 Å². The average molecular weight is 496 g/mol. The molecule has 1 saturated carbocycles. The molecular weight excluding hydrogens is 466 g/mol. The number of carbonyl (C=O) groups excluding carboxylic acids is 1. The van der Waals surface area contributed by atoms with Crippen LogP contribution in [0.15, 0.2) is 30.9 Å². The number of aliphatic hydroxyl groups is 1. The number of hydrogen-bond acceptors (Lipinski definition) is 11. The van der Waals surface area contributed by atoms with E-state index in [1.165, 1.54) is 6.20 Å². The van der Waals surface area contributed by atoms with Crippen LogP contribution in [0.1, 0.15) is 23.2 Å². The Balaban J connectivity index is 1.26. The van der Waals surface area contributed by atoms with Crippen LogP contribution in [0.4, 0.5) is 11.9 Å². The summed E-state index contributed by atoms with van der Waals surface area (Å²) >= 11 is 0.